The van der Waals surface area contributed by atoms with Crippen molar-refractivity contribution in [1.82, 2.24) is 5.32 Å². The van der Waals surface area contributed by atoms with Crippen LogP contribution in [-0.2, 0) is 4.79 Å². The molecule has 1 heterocycles. The Labute approximate surface area is 110 Å². The maximum Gasteiger partial charge on any atom is 0.292 e. The van der Waals surface area contributed by atoms with Crippen LogP contribution < -0.4 is 16.0 Å². The highest BCUT2D eigenvalue weighted by Crippen LogP contribution is 2.31. The van der Waals surface area contributed by atoms with Gasteiger partial charge >= 0.3 is 0 Å². The van der Waals surface area contributed by atoms with Gasteiger partial charge in [0.2, 0.25) is 5.91 Å². The van der Waals surface area contributed by atoms with Crippen LogP contribution >= 0.6 is 0 Å². The molecule has 0 radical (unpaired) electrons. The van der Waals surface area contributed by atoms with E-state index in [0.717, 1.165) is 25.1 Å². The Morgan fingerprint density at radius 2 is 2.32 bits per heavy atom. The number of likely N-dealkylation sites (N-methyl/N-ethyl adjacent to an activating group) is 1. The Hall–Kier alpha value is -2.31. The highest BCUT2D eigenvalue weighted by molar-refractivity contribution is 5.86. The van der Waals surface area contributed by atoms with Crippen molar-refractivity contribution in [1.29, 1.82) is 0 Å². The molecule has 0 saturated carbocycles. The second-order valence-electron chi connectivity index (χ2n) is 4.47. The van der Waals surface area contributed by atoms with Gasteiger partial charge in [-0.1, -0.05) is 0 Å². The number of nitro groups is 1. The van der Waals surface area contributed by atoms with Gasteiger partial charge in [-0.05, 0) is 25.0 Å². The van der Waals surface area contributed by atoms with Crippen LogP contribution in [0.1, 0.15) is 12.8 Å². The number of nitrogens with zero attached hydrogens (tertiary/aromatic N) is 2. The van der Waals surface area contributed by atoms with Gasteiger partial charge in [-0.25, -0.2) is 0 Å². The van der Waals surface area contributed by atoms with E-state index >= 15 is 0 Å². The minimum absolute atomic E-state index is 0.0468. The van der Waals surface area contributed by atoms with Crippen molar-refractivity contribution >= 4 is 23.0 Å². The molecule has 1 unspecified atom stereocenters. The molecule has 1 aliphatic rings. The fraction of sp³-hybridized carbons (Fsp3) is 0.417. The molecule has 7 heteroatoms. The molecule has 7 nitrogen and oxygen atoms in total. The van der Waals surface area contributed by atoms with Gasteiger partial charge in [0.05, 0.1) is 4.92 Å². The maximum atomic E-state index is 11.8. The van der Waals surface area contributed by atoms with Crippen molar-refractivity contribution in [2.24, 2.45) is 0 Å². The van der Waals surface area contributed by atoms with Crippen molar-refractivity contribution in [3.8, 4) is 0 Å². The summed E-state index contributed by atoms with van der Waals surface area (Å²) in [4.78, 5) is 23.9. The van der Waals surface area contributed by atoms with E-state index in [1.807, 2.05) is 4.90 Å². The summed E-state index contributed by atoms with van der Waals surface area (Å²) in [6, 6.07) is 4.34. The Bertz CT molecular complexity index is 518. The molecule has 102 valence electrons. The van der Waals surface area contributed by atoms with E-state index in [2.05, 4.69) is 5.32 Å². The topological polar surface area (TPSA) is 102 Å². The molecule has 1 amide bonds. The molecule has 1 aromatic rings. The molecule has 0 aliphatic carbocycles. The van der Waals surface area contributed by atoms with Crippen LogP contribution in [0.4, 0.5) is 17.1 Å². The Morgan fingerprint density at radius 1 is 1.58 bits per heavy atom. The number of benzene rings is 1. The lowest BCUT2D eigenvalue weighted by Gasteiger charge is -2.25. The number of anilines is 2. The van der Waals surface area contributed by atoms with Gasteiger partial charge < -0.3 is 16.0 Å². The van der Waals surface area contributed by atoms with Crippen LogP contribution in [0, 0.1) is 10.1 Å². The van der Waals surface area contributed by atoms with Gasteiger partial charge in [-0.2, -0.15) is 0 Å². The van der Waals surface area contributed by atoms with Gasteiger partial charge in [0.1, 0.15) is 11.7 Å². The van der Waals surface area contributed by atoms with Gasteiger partial charge in [0.25, 0.3) is 5.69 Å². The largest absolute Gasteiger partial charge is 0.393 e. The predicted molar refractivity (Wildman–Crippen MR) is 71.9 cm³/mol. The molecule has 3 N–H and O–H groups in total. The molecular formula is C12H16N4O3. The van der Waals surface area contributed by atoms with Crippen molar-refractivity contribution in [2.45, 2.75) is 18.9 Å². The van der Waals surface area contributed by atoms with E-state index in [1.165, 1.54) is 6.07 Å². The zero-order valence-electron chi connectivity index (χ0n) is 10.6. The lowest BCUT2D eigenvalue weighted by molar-refractivity contribution is -0.383. The van der Waals surface area contributed by atoms with E-state index in [0.29, 0.717) is 0 Å². The molecule has 1 aliphatic heterocycles. The van der Waals surface area contributed by atoms with Gasteiger partial charge in [-0.15, -0.1) is 0 Å². The van der Waals surface area contributed by atoms with Crippen molar-refractivity contribution < 1.29 is 9.72 Å². The van der Waals surface area contributed by atoms with E-state index in [1.54, 1.807) is 19.2 Å². The summed E-state index contributed by atoms with van der Waals surface area (Å²) in [5.74, 6) is -0.0468. The summed E-state index contributed by atoms with van der Waals surface area (Å²) in [6.07, 6.45) is 1.69. The van der Waals surface area contributed by atoms with E-state index in [9.17, 15) is 14.9 Å². The summed E-state index contributed by atoms with van der Waals surface area (Å²) in [5, 5.41) is 13.4. The number of hydrogen-bond donors (Lipinski definition) is 2. The Balaban J connectivity index is 2.29. The highest BCUT2D eigenvalue weighted by atomic mass is 16.6. The second-order valence-corrected chi connectivity index (χ2v) is 4.47. The summed E-state index contributed by atoms with van der Waals surface area (Å²) >= 11 is 0. The van der Waals surface area contributed by atoms with Crippen LogP contribution in [0.2, 0.25) is 0 Å². The predicted octanol–water partition coefficient (Wildman–Crippen LogP) is 0.892. The first-order valence-corrected chi connectivity index (χ1v) is 6.06. The Kier molecular flexibility index (Phi) is 3.55. The smallest absolute Gasteiger partial charge is 0.292 e. The average molecular weight is 264 g/mol. The minimum atomic E-state index is -0.515. The normalized spacial score (nSPS) is 18.4. The molecule has 1 atom stereocenters. The van der Waals surface area contributed by atoms with Gasteiger partial charge in [0, 0.05) is 25.3 Å². The molecule has 1 aromatic carbocycles. The Morgan fingerprint density at radius 3 is 2.89 bits per heavy atom. The number of nitrogens with one attached hydrogen (secondary N) is 1. The van der Waals surface area contributed by atoms with Crippen LogP contribution in [0.5, 0.6) is 0 Å². The lowest BCUT2D eigenvalue weighted by atomic mass is 10.1. The van der Waals surface area contributed by atoms with E-state index in [4.69, 9.17) is 5.73 Å². The number of rotatable bonds is 3. The second kappa shape index (κ2) is 5.13. The van der Waals surface area contributed by atoms with Crippen molar-refractivity contribution in [3.05, 3.63) is 28.3 Å². The van der Waals surface area contributed by atoms with Crippen LogP contribution in [-0.4, -0.2) is 30.5 Å². The number of nitrogen functional groups attached to an aromatic ring is 1. The number of carbonyl (C=O) groups excluding carboxylic acids is 1. The SMILES string of the molecule is CNC(=O)C1CCCN1c1ccc([N+](=O)[O-])c(N)c1. The number of hydrogen-bond acceptors (Lipinski definition) is 5. The molecule has 0 bridgehead atoms. The first kappa shape index (κ1) is 13.1. The van der Waals surface area contributed by atoms with Gasteiger partial charge in [0.15, 0.2) is 0 Å². The number of carbonyl (C=O) groups is 1. The van der Waals surface area contributed by atoms with Crippen LogP contribution in [0.3, 0.4) is 0 Å². The zero-order valence-corrected chi connectivity index (χ0v) is 10.6. The summed E-state index contributed by atoms with van der Waals surface area (Å²) in [6.45, 7) is 0.745. The van der Waals surface area contributed by atoms with Crippen LogP contribution in [0.25, 0.3) is 0 Å². The standard InChI is InChI=1S/C12H16N4O3/c1-14-12(17)11-3-2-6-15(11)8-4-5-10(16(18)19)9(13)7-8/h4-5,7,11H,2-3,6,13H2,1H3,(H,14,17). The van der Waals surface area contributed by atoms with Gasteiger partial charge in [-0.3, -0.25) is 14.9 Å². The fourth-order valence-corrected chi connectivity index (χ4v) is 2.40. The molecule has 2 rings (SSSR count). The fourth-order valence-electron chi connectivity index (χ4n) is 2.40. The highest BCUT2D eigenvalue weighted by Gasteiger charge is 2.30. The minimum Gasteiger partial charge on any atom is -0.393 e. The maximum absolute atomic E-state index is 11.8. The zero-order chi connectivity index (χ0) is 14.0. The molecule has 0 aromatic heterocycles. The molecule has 1 fully saturated rings. The van der Waals surface area contributed by atoms with E-state index < -0.39 is 4.92 Å². The van der Waals surface area contributed by atoms with Crippen molar-refractivity contribution in [3.63, 3.8) is 0 Å². The first-order chi connectivity index (χ1) is 9.04. The third kappa shape index (κ3) is 2.44. The van der Waals surface area contributed by atoms with E-state index in [-0.39, 0.29) is 23.3 Å². The summed E-state index contributed by atoms with van der Waals surface area (Å²) in [7, 11) is 1.60. The number of amides is 1. The first-order valence-electron chi connectivity index (χ1n) is 6.06. The molecule has 19 heavy (non-hydrogen) atoms. The third-order valence-corrected chi connectivity index (χ3v) is 3.34. The quantitative estimate of drug-likeness (QED) is 0.479. The molecular weight excluding hydrogens is 248 g/mol. The van der Waals surface area contributed by atoms with Crippen molar-refractivity contribution in [2.75, 3.05) is 24.2 Å². The third-order valence-electron chi connectivity index (χ3n) is 3.34. The number of nitrogens with two attached hydrogens (primary N) is 1. The summed E-state index contributed by atoms with van der Waals surface area (Å²) in [5.41, 5.74) is 6.42. The molecule has 1 saturated heterocycles. The average Bonchev–Trinajstić information content (AvgIpc) is 2.86. The summed E-state index contributed by atoms with van der Waals surface area (Å²) < 4.78 is 0. The van der Waals surface area contributed by atoms with Crippen LogP contribution in [0.15, 0.2) is 18.2 Å². The molecule has 0 spiro atoms. The lowest BCUT2D eigenvalue weighted by Crippen LogP contribution is -2.42. The monoisotopic (exact) mass is 264 g/mol. The number of nitro benzene ring substituents is 1.